The van der Waals surface area contributed by atoms with Crippen LogP contribution in [0, 0.1) is 13.8 Å². The van der Waals surface area contributed by atoms with Crippen molar-refractivity contribution in [3.05, 3.63) is 63.7 Å². The first kappa shape index (κ1) is 18.0. The first-order valence-electron chi connectivity index (χ1n) is 8.47. The molecule has 0 aliphatic carbocycles. The van der Waals surface area contributed by atoms with Gasteiger partial charge in [0.15, 0.2) is 11.7 Å². The van der Waals surface area contributed by atoms with E-state index in [0.29, 0.717) is 16.5 Å². The zero-order valence-corrected chi connectivity index (χ0v) is 16.0. The molecule has 3 heterocycles. The predicted octanol–water partition coefficient (Wildman–Crippen LogP) is 4.14. The largest absolute Gasteiger partial charge is 0.484 e. The fourth-order valence-corrected chi connectivity index (χ4v) is 3.50. The van der Waals surface area contributed by atoms with Gasteiger partial charge >= 0.3 is 5.63 Å². The van der Waals surface area contributed by atoms with Gasteiger partial charge in [0.1, 0.15) is 22.9 Å². The van der Waals surface area contributed by atoms with Crippen molar-refractivity contribution in [1.82, 2.24) is 4.98 Å². The highest BCUT2D eigenvalue weighted by molar-refractivity contribution is 7.14. The predicted molar refractivity (Wildman–Crippen MR) is 106 cm³/mol. The van der Waals surface area contributed by atoms with Crippen LogP contribution < -0.4 is 15.7 Å². The standard InChI is InChI=1S/C20H16N2O5S/c1-11-7-15(12(2)26-11)16-10-28-20(21-16)22-18(23)9-25-14-5-3-13-4-6-19(24)27-17(13)8-14/h3-8,10H,9H2,1-2H3,(H,21,22,23). The summed E-state index contributed by atoms with van der Waals surface area (Å²) < 4.78 is 16.1. The Labute approximate surface area is 163 Å². The van der Waals surface area contributed by atoms with E-state index >= 15 is 0 Å². The molecule has 1 amide bonds. The van der Waals surface area contributed by atoms with Crippen LogP contribution in [-0.2, 0) is 4.79 Å². The minimum atomic E-state index is -0.440. The summed E-state index contributed by atoms with van der Waals surface area (Å²) in [6, 6.07) is 9.98. The van der Waals surface area contributed by atoms with E-state index < -0.39 is 5.63 Å². The summed E-state index contributed by atoms with van der Waals surface area (Å²) in [5.74, 6) is 1.69. The molecule has 3 aromatic heterocycles. The second-order valence-electron chi connectivity index (χ2n) is 6.16. The van der Waals surface area contributed by atoms with Gasteiger partial charge in [-0.1, -0.05) is 0 Å². The Morgan fingerprint density at radius 1 is 1.18 bits per heavy atom. The Morgan fingerprint density at radius 2 is 2.00 bits per heavy atom. The number of ether oxygens (including phenoxy) is 1. The molecule has 0 unspecified atom stereocenters. The molecule has 1 N–H and O–H groups in total. The van der Waals surface area contributed by atoms with Crippen LogP contribution in [0.5, 0.6) is 5.75 Å². The van der Waals surface area contributed by atoms with Crippen molar-refractivity contribution in [1.29, 1.82) is 0 Å². The molecule has 8 heteroatoms. The van der Waals surface area contributed by atoms with E-state index in [9.17, 15) is 9.59 Å². The summed E-state index contributed by atoms with van der Waals surface area (Å²) in [5, 5.41) is 5.83. The van der Waals surface area contributed by atoms with Crippen molar-refractivity contribution >= 4 is 33.3 Å². The van der Waals surface area contributed by atoms with E-state index in [1.807, 2.05) is 25.3 Å². The third kappa shape index (κ3) is 3.81. The number of anilines is 1. The number of carbonyl (C=O) groups excluding carboxylic acids is 1. The number of hydrogen-bond acceptors (Lipinski definition) is 7. The summed E-state index contributed by atoms with van der Waals surface area (Å²) in [5.41, 5.74) is 1.62. The maximum Gasteiger partial charge on any atom is 0.336 e. The molecule has 0 atom stereocenters. The van der Waals surface area contributed by atoms with Crippen LogP contribution in [-0.4, -0.2) is 17.5 Å². The zero-order valence-electron chi connectivity index (χ0n) is 15.1. The van der Waals surface area contributed by atoms with Crippen molar-refractivity contribution in [3.63, 3.8) is 0 Å². The summed E-state index contributed by atoms with van der Waals surface area (Å²) in [6.45, 7) is 3.56. The Balaban J connectivity index is 1.40. The zero-order chi connectivity index (χ0) is 19.7. The van der Waals surface area contributed by atoms with Crippen LogP contribution in [0.2, 0.25) is 0 Å². The first-order valence-corrected chi connectivity index (χ1v) is 9.35. The summed E-state index contributed by atoms with van der Waals surface area (Å²) in [4.78, 5) is 27.9. The minimum Gasteiger partial charge on any atom is -0.484 e. The van der Waals surface area contributed by atoms with Gasteiger partial charge in [0.05, 0.1) is 5.69 Å². The topological polar surface area (TPSA) is 94.6 Å². The van der Waals surface area contributed by atoms with Gasteiger partial charge < -0.3 is 13.6 Å². The highest BCUT2D eigenvalue weighted by atomic mass is 32.1. The number of furan rings is 1. The third-order valence-corrected chi connectivity index (χ3v) is 4.79. The molecule has 0 aliphatic heterocycles. The normalized spacial score (nSPS) is 10.9. The Bertz CT molecular complexity index is 1220. The van der Waals surface area contributed by atoms with Crippen molar-refractivity contribution in [2.75, 3.05) is 11.9 Å². The molecular formula is C20H16N2O5S. The highest BCUT2D eigenvalue weighted by Crippen LogP contribution is 2.29. The minimum absolute atomic E-state index is 0.193. The molecule has 0 bridgehead atoms. The van der Waals surface area contributed by atoms with E-state index in [0.717, 1.165) is 28.2 Å². The summed E-state index contributed by atoms with van der Waals surface area (Å²) in [6.07, 6.45) is 0. The number of thiazole rings is 1. The molecule has 4 rings (SSSR count). The molecule has 142 valence electrons. The fourth-order valence-electron chi connectivity index (χ4n) is 2.77. The van der Waals surface area contributed by atoms with E-state index in [1.165, 1.54) is 17.4 Å². The molecule has 0 saturated carbocycles. The number of fused-ring (bicyclic) bond motifs is 1. The van der Waals surface area contributed by atoms with Gasteiger partial charge in [-0.25, -0.2) is 9.78 Å². The number of nitrogens with zero attached hydrogens (tertiary/aromatic N) is 1. The van der Waals surface area contributed by atoms with Crippen molar-refractivity contribution < 1.29 is 18.4 Å². The van der Waals surface area contributed by atoms with Gasteiger partial charge in [-0.15, -0.1) is 11.3 Å². The van der Waals surface area contributed by atoms with Gasteiger partial charge in [0.2, 0.25) is 0 Å². The van der Waals surface area contributed by atoms with Gasteiger partial charge in [0, 0.05) is 28.5 Å². The monoisotopic (exact) mass is 396 g/mol. The van der Waals surface area contributed by atoms with E-state index in [2.05, 4.69) is 10.3 Å². The number of aryl methyl sites for hydroxylation is 2. The Kier molecular flexibility index (Phi) is 4.70. The van der Waals surface area contributed by atoms with Crippen LogP contribution in [0.3, 0.4) is 0 Å². The van der Waals surface area contributed by atoms with E-state index in [1.54, 1.807) is 24.3 Å². The van der Waals surface area contributed by atoms with Gasteiger partial charge in [-0.05, 0) is 38.1 Å². The van der Waals surface area contributed by atoms with Crippen molar-refractivity contribution in [2.45, 2.75) is 13.8 Å². The molecule has 0 fully saturated rings. The summed E-state index contributed by atoms with van der Waals surface area (Å²) in [7, 11) is 0. The van der Waals surface area contributed by atoms with Crippen LogP contribution in [0.1, 0.15) is 11.5 Å². The SMILES string of the molecule is Cc1cc(-c2csc(NC(=O)COc3ccc4ccc(=O)oc4c3)n2)c(C)o1. The van der Waals surface area contributed by atoms with Crippen LogP contribution in [0.4, 0.5) is 5.13 Å². The number of nitrogens with one attached hydrogen (secondary N) is 1. The molecule has 7 nitrogen and oxygen atoms in total. The average Bonchev–Trinajstić information content (AvgIpc) is 3.25. The lowest BCUT2D eigenvalue weighted by atomic mass is 10.2. The Morgan fingerprint density at radius 3 is 2.79 bits per heavy atom. The number of carbonyl (C=O) groups is 1. The summed E-state index contributed by atoms with van der Waals surface area (Å²) >= 11 is 1.33. The maximum absolute atomic E-state index is 12.2. The number of hydrogen-bond donors (Lipinski definition) is 1. The van der Waals surface area contributed by atoms with Gasteiger partial charge in [-0.3, -0.25) is 10.1 Å². The quantitative estimate of drug-likeness (QED) is 0.510. The molecular weight excluding hydrogens is 380 g/mol. The molecule has 0 aliphatic rings. The second-order valence-corrected chi connectivity index (χ2v) is 7.01. The van der Waals surface area contributed by atoms with Crippen LogP contribution >= 0.6 is 11.3 Å². The lowest BCUT2D eigenvalue weighted by Crippen LogP contribution is -2.20. The smallest absolute Gasteiger partial charge is 0.336 e. The van der Waals surface area contributed by atoms with Crippen molar-refractivity contribution in [2.24, 2.45) is 0 Å². The fraction of sp³-hybridized carbons (Fsp3) is 0.150. The molecule has 28 heavy (non-hydrogen) atoms. The molecule has 0 spiro atoms. The number of rotatable bonds is 5. The van der Waals surface area contributed by atoms with Crippen LogP contribution in [0.15, 0.2) is 55.4 Å². The lowest BCUT2D eigenvalue weighted by Gasteiger charge is -2.06. The first-order chi connectivity index (χ1) is 13.5. The Hall–Kier alpha value is -3.39. The molecule has 1 aromatic carbocycles. The highest BCUT2D eigenvalue weighted by Gasteiger charge is 2.13. The number of aromatic nitrogens is 1. The van der Waals surface area contributed by atoms with Gasteiger partial charge in [-0.2, -0.15) is 0 Å². The average molecular weight is 396 g/mol. The maximum atomic E-state index is 12.2. The number of amides is 1. The molecule has 0 saturated heterocycles. The lowest BCUT2D eigenvalue weighted by molar-refractivity contribution is -0.118. The van der Waals surface area contributed by atoms with E-state index in [4.69, 9.17) is 13.6 Å². The van der Waals surface area contributed by atoms with Gasteiger partial charge in [0.25, 0.3) is 5.91 Å². The molecule has 4 aromatic rings. The second kappa shape index (κ2) is 7.32. The third-order valence-electron chi connectivity index (χ3n) is 4.03. The number of benzene rings is 1. The van der Waals surface area contributed by atoms with Crippen LogP contribution in [0.25, 0.3) is 22.2 Å². The molecule has 0 radical (unpaired) electrons. The van der Waals surface area contributed by atoms with Crippen molar-refractivity contribution in [3.8, 4) is 17.0 Å². The van der Waals surface area contributed by atoms with E-state index in [-0.39, 0.29) is 12.5 Å².